The number of hydrogen-bond donors (Lipinski definition) is 0. The quantitative estimate of drug-likeness (QED) is 0.215. The van der Waals surface area contributed by atoms with E-state index in [1.807, 2.05) is 6.92 Å². The molecule has 2 amide bonds. The monoisotopic (exact) mass is 452 g/mol. The van der Waals surface area contributed by atoms with Gasteiger partial charge in [-0.15, -0.1) is 0 Å². The first-order valence-electron chi connectivity index (χ1n) is 9.74. The fourth-order valence-electron chi connectivity index (χ4n) is 3.28. The number of ether oxygens (including phenoxy) is 2. The summed E-state index contributed by atoms with van der Waals surface area (Å²) in [6, 6.07) is 10.8. The second-order valence-corrected chi connectivity index (χ2v) is 6.75. The second kappa shape index (κ2) is 8.86. The first-order valence-corrected chi connectivity index (χ1v) is 9.74. The van der Waals surface area contributed by atoms with Gasteiger partial charge in [0.2, 0.25) is 5.82 Å². The van der Waals surface area contributed by atoms with Crippen molar-refractivity contribution in [3.63, 3.8) is 0 Å². The third kappa shape index (κ3) is 4.13. The molecule has 0 saturated carbocycles. The van der Waals surface area contributed by atoms with Gasteiger partial charge in [0.15, 0.2) is 6.61 Å². The summed E-state index contributed by atoms with van der Waals surface area (Å²) in [5.41, 5.74) is -0.410. The fourth-order valence-corrected chi connectivity index (χ4v) is 3.28. The lowest BCUT2D eigenvalue weighted by Crippen LogP contribution is -2.35. The number of nitro benzene ring substituents is 1. The normalized spacial score (nSPS) is 12.6. The molecule has 1 aromatic heterocycles. The largest absolute Gasteiger partial charge is 0.493 e. The number of para-hydroxylation sites is 1. The van der Waals surface area contributed by atoms with Crippen molar-refractivity contribution in [2.24, 2.45) is 0 Å². The molecule has 0 N–H and O–H groups in total. The molecule has 12 nitrogen and oxygen atoms in total. The maximum absolute atomic E-state index is 12.5. The van der Waals surface area contributed by atoms with Crippen LogP contribution in [0.25, 0.3) is 11.4 Å². The summed E-state index contributed by atoms with van der Waals surface area (Å²) in [5, 5.41) is 15.0. The molecule has 0 radical (unpaired) electrons. The van der Waals surface area contributed by atoms with Crippen LogP contribution in [0.3, 0.4) is 0 Å². The number of amides is 2. The van der Waals surface area contributed by atoms with Crippen LogP contribution in [0.4, 0.5) is 5.69 Å². The van der Waals surface area contributed by atoms with E-state index in [0.29, 0.717) is 22.8 Å². The smallest absolute Gasteiger partial charge is 0.326 e. The highest BCUT2D eigenvalue weighted by molar-refractivity contribution is 6.24. The van der Waals surface area contributed by atoms with Crippen LogP contribution in [0.1, 0.15) is 33.5 Å². The minimum Gasteiger partial charge on any atom is -0.493 e. The van der Waals surface area contributed by atoms with Gasteiger partial charge in [-0.25, -0.2) is 0 Å². The molecule has 3 aromatic rings. The van der Waals surface area contributed by atoms with Gasteiger partial charge in [-0.05, 0) is 25.1 Å². The first-order chi connectivity index (χ1) is 15.9. The summed E-state index contributed by atoms with van der Waals surface area (Å²) in [6.07, 6.45) is 0. The SMILES string of the molecule is CCOc1ccccc1-c1noc(COC(=O)CN2C(=O)c3cccc([N+](=O)[O-])c3C2=O)n1. The molecule has 4 rings (SSSR count). The van der Waals surface area contributed by atoms with E-state index >= 15 is 0 Å². The predicted molar refractivity (Wildman–Crippen MR) is 109 cm³/mol. The highest BCUT2D eigenvalue weighted by Crippen LogP contribution is 2.31. The summed E-state index contributed by atoms with van der Waals surface area (Å²) in [6.45, 7) is 1.16. The molecule has 0 spiro atoms. The minimum atomic E-state index is -0.938. The fraction of sp³-hybridized carbons (Fsp3) is 0.190. The summed E-state index contributed by atoms with van der Waals surface area (Å²) in [5.74, 6) is -1.90. The van der Waals surface area contributed by atoms with Crippen LogP contribution < -0.4 is 4.74 Å². The molecule has 0 atom stereocenters. The van der Waals surface area contributed by atoms with Crippen LogP contribution in [0, 0.1) is 10.1 Å². The molecule has 2 aromatic carbocycles. The van der Waals surface area contributed by atoms with E-state index in [9.17, 15) is 24.5 Å². The molecule has 0 saturated heterocycles. The average Bonchev–Trinajstić information content (AvgIpc) is 3.37. The van der Waals surface area contributed by atoms with Crippen LogP contribution in [-0.2, 0) is 16.1 Å². The van der Waals surface area contributed by atoms with Crippen LogP contribution in [0.15, 0.2) is 47.0 Å². The lowest BCUT2D eigenvalue weighted by atomic mass is 10.1. The van der Waals surface area contributed by atoms with Gasteiger partial charge in [0.05, 0.1) is 22.7 Å². The highest BCUT2D eigenvalue weighted by atomic mass is 16.6. The Bertz CT molecular complexity index is 1270. The predicted octanol–water partition coefficient (Wildman–Crippen LogP) is 2.38. The topological polar surface area (TPSA) is 155 Å². The van der Waals surface area contributed by atoms with E-state index in [2.05, 4.69) is 10.1 Å². The number of fused-ring (bicyclic) bond motifs is 1. The molecule has 1 aliphatic heterocycles. The van der Waals surface area contributed by atoms with E-state index in [-0.39, 0.29) is 22.8 Å². The zero-order valence-electron chi connectivity index (χ0n) is 17.2. The number of carbonyl (C=O) groups excluding carboxylic acids is 3. The number of carbonyl (C=O) groups is 3. The molecule has 12 heteroatoms. The minimum absolute atomic E-state index is 0.0114. The van der Waals surface area contributed by atoms with Crippen molar-refractivity contribution in [1.82, 2.24) is 15.0 Å². The van der Waals surface area contributed by atoms with Gasteiger partial charge in [-0.2, -0.15) is 4.98 Å². The second-order valence-electron chi connectivity index (χ2n) is 6.75. The maximum Gasteiger partial charge on any atom is 0.326 e. The average molecular weight is 452 g/mol. The van der Waals surface area contributed by atoms with E-state index in [1.54, 1.807) is 24.3 Å². The lowest BCUT2D eigenvalue weighted by molar-refractivity contribution is -0.385. The zero-order chi connectivity index (χ0) is 23.5. The molecule has 33 heavy (non-hydrogen) atoms. The van der Waals surface area contributed by atoms with Crippen LogP contribution in [-0.4, -0.2) is 50.9 Å². The van der Waals surface area contributed by atoms with Gasteiger partial charge < -0.3 is 14.0 Å². The summed E-state index contributed by atoms with van der Waals surface area (Å²) >= 11 is 0. The Kier molecular flexibility index (Phi) is 5.81. The van der Waals surface area contributed by atoms with Crippen molar-refractivity contribution < 1.29 is 33.3 Å². The van der Waals surface area contributed by atoms with Crippen LogP contribution >= 0.6 is 0 Å². The number of benzene rings is 2. The van der Waals surface area contributed by atoms with Crippen molar-refractivity contribution in [3.8, 4) is 17.1 Å². The summed E-state index contributed by atoms with van der Waals surface area (Å²) in [7, 11) is 0. The Morgan fingerprint density at radius 1 is 1.12 bits per heavy atom. The Morgan fingerprint density at radius 2 is 1.88 bits per heavy atom. The van der Waals surface area contributed by atoms with Crippen molar-refractivity contribution in [3.05, 3.63) is 69.6 Å². The molecular formula is C21H16N4O8. The zero-order valence-corrected chi connectivity index (χ0v) is 17.2. The molecule has 0 fully saturated rings. The molecule has 0 unspecified atom stereocenters. The summed E-state index contributed by atoms with van der Waals surface area (Å²) < 4.78 is 15.7. The molecule has 1 aliphatic rings. The Hall–Kier alpha value is -4.61. The van der Waals surface area contributed by atoms with Gasteiger partial charge in [0.1, 0.15) is 17.9 Å². The third-order valence-corrected chi connectivity index (χ3v) is 4.71. The summed E-state index contributed by atoms with van der Waals surface area (Å²) in [4.78, 5) is 52.4. The number of hydrogen-bond acceptors (Lipinski definition) is 10. The number of nitrogens with zero attached hydrogens (tertiary/aromatic N) is 4. The number of aromatic nitrogens is 2. The van der Waals surface area contributed by atoms with E-state index in [1.165, 1.54) is 12.1 Å². The van der Waals surface area contributed by atoms with Crippen LogP contribution in [0.2, 0.25) is 0 Å². The highest BCUT2D eigenvalue weighted by Gasteiger charge is 2.42. The van der Waals surface area contributed by atoms with Crippen molar-refractivity contribution in [2.45, 2.75) is 13.5 Å². The van der Waals surface area contributed by atoms with E-state index in [0.717, 1.165) is 6.07 Å². The van der Waals surface area contributed by atoms with E-state index < -0.39 is 41.5 Å². The first kappa shape index (κ1) is 21.6. The number of rotatable bonds is 8. The van der Waals surface area contributed by atoms with Crippen molar-refractivity contribution in [2.75, 3.05) is 13.2 Å². The van der Waals surface area contributed by atoms with Gasteiger partial charge in [0.25, 0.3) is 23.4 Å². The molecule has 2 heterocycles. The lowest BCUT2D eigenvalue weighted by Gasteiger charge is -2.12. The number of esters is 1. The van der Waals surface area contributed by atoms with Gasteiger partial charge in [-0.1, -0.05) is 23.4 Å². The maximum atomic E-state index is 12.5. The van der Waals surface area contributed by atoms with Gasteiger partial charge in [-0.3, -0.25) is 29.4 Å². The van der Waals surface area contributed by atoms with Crippen LogP contribution in [0.5, 0.6) is 5.75 Å². The Labute approximate surface area is 185 Å². The molecule has 0 bridgehead atoms. The Balaban J connectivity index is 1.41. The van der Waals surface area contributed by atoms with Gasteiger partial charge in [0, 0.05) is 6.07 Å². The molecular weight excluding hydrogens is 436 g/mol. The van der Waals surface area contributed by atoms with Crippen molar-refractivity contribution >= 4 is 23.5 Å². The van der Waals surface area contributed by atoms with Crippen molar-refractivity contribution in [1.29, 1.82) is 0 Å². The molecule has 168 valence electrons. The Morgan fingerprint density at radius 3 is 2.64 bits per heavy atom. The van der Waals surface area contributed by atoms with Gasteiger partial charge >= 0.3 is 5.97 Å². The number of nitro groups is 1. The molecule has 0 aliphatic carbocycles. The standard InChI is InChI=1S/C21H16N4O8/c1-2-31-15-9-4-3-6-12(15)19-22-16(33-23-19)11-32-17(26)10-24-20(27)13-7-5-8-14(25(29)30)18(13)21(24)28/h3-9H,2,10-11H2,1H3. The third-order valence-electron chi connectivity index (χ3n) is 4.71. The van der Waals surface area contributed by atoms with E-state index in [4.69, 9.17) is 14.0 Å². The number of imide groups is 1.